The molecule has 1 aliphatic rings. The summed E-state index contributed by atoms with van der Waals surface area (Å²) in [6, 6.07) is 0.780. The summed E-state index contributed by atoms with van der Waals surface area (Å²) in [4.78, 5) is 14.2. The molecule has 28 heavy (non-hydrogen) atoms. The Balaban J connectivity index is 1.82. The molecule has 0 aliphatic heterocycles. The summed E-state index contributed by atoms with van der Waals surface area (Å²) >= 11 is 1.66. The van der Waals surface area contributed by atoms with E-state index in [2.05, 4.69) is 41.5 Å². The number of ether oxygens (including phenoxy) is 1. The highest BCUT2D eigenvalue weighted by molar-refractivity contribution is 7.09. The predicted molar refractivity (Wildman–Crippen MR) is 119 cm³/mol. The van der Waals surface area contributed by atoms with Crippen LogP contribution in [0.1, 0.15) is 69.2 Å². The van der Waals surface area contributed by atoms with Crippen LogP contribution in [0, 0.1) is 0 Å². The zero-order chi connectivity index (χ0) is 20.4. The van der Waals surface area contributed by atoms with Gasteiger partial charge in [0.25, 0.3) is 0 Å². The molecule has 0 bridgehead atoms. The average Bonchev–Trinajstić information content (AvgIpc) is 3.18. The maximum absolute atomic E-state index is 5.36. The van der Waals surface area contributed by atoms with Gasteiger partial charge in [-0.15, -0.1) is 11.3 Å². The summed E-state index contributed by atoms with van der Waals surface area (Å²) in [7, 11) is 6.08. The van der Waals surface area contributed by atoms with Crippen molar-refractivity contribution in [3.8, 4) is 0 Å². The number of hydrogen-bond acceptors (Lipinski definition) is 5. The van der Waals surface area contributed by atoms with Gasteiger partial charge in [-0.25, -0.2) is 4.98 Å². The zero-order valence-electron chi connectivity index (χ0n) is 18.4. The average molecular weight is 410 g/mol. The molecule has 1 saturated carbocycles. The van der Waals surface area contributed by atoms with Crippen LogP contribution in [-0.2, 0) is 11.3 Å². The molecule has 0 amide bonds. The summed E-state index contributed by atoms with van der Waals surface area (Å²) in [5.41, 5.74) is 1.06. The number of guanidine groups is 1. The lowest BCUT2D eigenvalue weighted by atomic mass is 9.94. The van der Waals surface area contributed by atoms with E-state index in [1.807, 2.05) is 6.92 Å². The number of rotatable bonds is 10. The first kappa shape index (κ1) is 23.1. The van der Waals surface area contributed by atoms with E-state index in [-0.39, 0.29) is 6.10 Å². The zero-order valence-corrected chi connectivity index (χ0v) is 19.2. The lowest BCUT2D eigenvalue weighted by molar-refractivity contribution is 0.119. The van der Waals surface area contributed by atoms with Crippen molar-refractivity contribution in [3.63, 3.8) is 0 Å². The Hall–Kier alpha value is -1.18. The number of hydrogen-bond donors (Lipinski definition) is 1. The second kappa shape index (κ2) is 12.4. The van der Waals surface area contributed by atoms with Gasteiger partial charge in [-0.05, 0) is 46.7 Å². The monoisotopic (exact) mass is 409 g/mol. The van der Waals surface area contributed by atoms with Crippen LogP contribution in [0.15, 0.2) is 10.4 Å². The summed E-state index contributed by atoms with van der Waals surface area (Å²) in [5, 5.41) is 6.55. The van der Waals surface area contributed by atoms with Gasteiger partial charge in [-0.1, -0.05) is 19.3 Å². The normalized spacial score (nSPS) is 17.1. The fraction of sp³-hybridized carbons (Fsp3) is 0.810. The van der Waals surface area contributed by atoms with Gasteiger partial charge in [0.2, 0.25) is 0 Å². The van der Waals surface area contributed by atoms with Crippen LogP contribution >= 0.6 is 11.3 Å². The van der Waals surface area contributed by atoms with E-state index in [4.69, 9.17) is 14.7 Å². The number of methoxy groups -OCH3 is 1. The van der Waals surface area contributed by atoms with Gasteiger partial charge in [0, 0.05) is 38.7 Å². The predicted octanol–water partition coefficient (Wildman–Crippen LogP) is 3.90. The highest BCUT2D eigenvalue weighted by atomic mass is 32.1. The molecule has 0 spiro atoms. The molecular formula is C21H39N5OS. The van der Waals surface area contributed by atoms with E-state index >= 15 is 0 Å². The van der Waals surface area contributed by atoms with Gasteiger partial charge in [0.15, 0.2) is 5.96 Å². The van der Waals surface area contributed by atoms with Crippen LogP contribution < -0.4 is 5.32 Å². The lowest BCUT2D eigenvalue weighted by Gasteiger charge is -2.31. The second-order valence-electron chi connectivity index (χ2n) is 7.77. The molecule has 160 valence electrons. The number of aromatic nitrogens is 1. The van der Waals surface area contributed by atoms with Gasteiger partial charge >= 0.3 is 0 Å². The first-order chi connectivity index (χ1) is 13.5. The topological polar surface area (TPSA) is 53.0 Å². The first-order valence-electron chi connectivity index (χ1n) is 10.7. The Morgan fingerprint density at radius 3 is 2.79 bits per heavy atom. The Kier molecular flexibility index (Phi) is 10.2. The largest absolute Gasteiger partial charge is 0.375 e. The maximum Gasteiger partial charge on any atom is 0.194 e. The molecular weight excluding hydrogens is 370 g/mol. The Bertz CT molecular complexity index is 585. The number of thiazole rings is 1. The van der Waals surface area contributed by atoms with E-state index in [0.29, 0.717) is 0 Å². The molecule has 1 N–H and O–H groups in total. The molecule has 1 aromatic heterocycles. The SMILES string of the molecule is CCNC(=NCCCN(C)C1CCCCC1)N(C)Cc1csc(C(C)OC)n1. The van der Waals surface area contributed by atoms with E-state index in [9.17, 15) is 0 Å². The van der Waals surface area contributed by atoms with E-state index in [0.717, 1.165) is 55.3 Å². The van der Waals surface area contributed by atoms with Crippen LogP contribution in [0.5, 0.6) is 0 Å². The Labute approximate surface area is 175 Å². The third-order valence-corrected chi connectivity index (χ3v) is 6.55. The fourth-order valence-corrected chi connectivity index (χ4v) is 4.52. The van der Waals surface area contributed by atoms with Gasteiger partial charge in [0.1, 0.15) is 11.1 Å². The number of aliphatic imine (C=N–C) groups is 1. The first-order valence-corrected chi connectivity index (χ1v) is 11.6. The molecule has 1 fully saturated rings. The minimum atomic E-state index is 0.0483. The van der Waals surface area contributed by atoms with Crippen molar-refractivity contribution in [3.05, 3.63) is 16.1 Å². The summed E-state index contributed by atoms with van der Waals surface area (Å²) in [6.45, 7) is 7.74. The van der Waals surface area contributed by atoms with Crippen molar-refractivity contribution in [2.24, 2.45) is 4.99 Å². The molecule has 1 aliphatic carbocycles. The molecule has 1 unspecified atom stereocenters. The van der Waals surface area contributed by atoms with Gasteiger partial charge in [-0.2, -0.15) is 0 Å². The van der Waals surface area contributed by atoms with Crippen LogP contribution in [0.3, 0.4) is 0 Å². The molecule has 2 rings (SSSR count). The van der Waals surface area contributed by atoms with Crippen molar-refractivity contribution in [2.75, 3.05) is 40.8 Å². The van der Waals surface area contributed by atoms with Crippen LogP contribution in [-0.4, -0.2) is 67.6 Å². The molecule has 1 aromatic rings. The molecule has 6 nitrogen and oxygen atoms in total. The molecule has 0 saturated heterocycles. The maximum atomic E-state index is 5.36. The van der Waals surface area contributed by atoms with Crippen molar-refractivity contribution in [1.29, 1.82) is 0 Å². The number of nitrogens with one attached hydrogen (secondary N) is 1. The molecule has 0 radical (unpaired) electrons. The molecule has 1 heterocycles. The van der Waals surface area contributed by atoms with Crippen molar-refractivity contribution in [1.82, 2.24) is 20.1 Å². The molecule has 1 atom stereocenters. The Morgan fingerprint density at radius 1 is 1.36 bits per heavy atom. The van der Waals surface area contributed by atoms with E-state index < -0.39 is 0 Å². The van der Waals surface area contributed by atoms with Gasteiger partial charge in [-0.3, -0.25) is 4.99 Å². The summed E-state index contributed by atoms with van der Waals surface area (Å²) in [6.07, 6.45) is 8.07. The fourth-order valence-electron chi connectivity index (χ4n) is 3.68. The van der Waals surface area contributed by atoms with Crippen LogP contribution in [0.2, 0.25) is 0 Å². The quantitative estimate of drug-likeness (QED) is 0.361. The lowest BCUT2D eigenvalue weighted by Crippen LogP contribution is -2.39. The van der Waals surface area contributed by atoms with Crippen molar-refractivity contribution < 1.29 is 4.74 Å². The smallest absolute Gasteiger partial charge is 0.194 e. The van der Waals surface area contributed by atoms with Gasteiger partial charge < -0.3 is 19.9 Å². The number of nitrogens with zero attached hydrogens (tertiary/aromatic N) is 4. The molecule has 7 heteroatoms. The summed E-state index contributed by atoms with van der Waals surface area (Å²) in [5.74, 6) is 0.956. The van der Waals surface area contributed by atoms with Crippen LogP contribution in [0.25, 0.3) is 0 Å². The van der Waals surface area contributed by atoms with E-state index in [1.165, 1.54) is 32.1 Å². The third-order valence-electron chi connectivity index (χ3n) is 5.50. The third kappa shape index (κ3) is 7.33. The highest BCUT2D eigenvalue weighted by Gasteiger charge is 2.17. The van der Waals surface area contributed by atoms with Crippen molar-refractivity contribution >= 4 is 17.3 Å². The standard InChI is InChI=1S/C21H39N5OS/c1-6-22-21(23-13-10-14-25(3)19-11-8-7-9-12-19)26(4)15-18-16-28-20(24-18)17(2)27-5/h16-17,19H,6-15H2,1-5H3,(H,22,23). The van der Waals surface area contributed by atoms with Crippen LogP contribution in [0.4, 0.5) is 0 Å². The minimum Gasteiger partial charge on any atom is -0.375 e. The van der Waals surface area contributed by atoms with E-state index in [1.54, 1.807) is 18.4 Å². The molecule has 0 aromatic carbocycles. The second-order valence-corrected chi connectivity index (χ2v) is 8.66. The van der Waals surface area contributed by atoms with Crippen molar-refractivity contribution in [2.45, 2.75) is 71.1 Å². The Morgan fingerprint density at radius 2 is 2.11 bits per heavy atom. The highest BCUT2D eigenvalue weighted by Crippen LogP contribution is 2.22. The van der Waals surface area contributed by atoms with Gasteiger partial charge in [0.05, 0.1) is 12.2 Å². The summed E-state index contributed by atoms with van der Waals surface area (Å²) < 4.78 is 5.36. The minimum absolute atomic E-state index is 0.0483.